The molecule has 1 aromatic rings. The second-order valence-electron chi connectivity index (χ2n) is 4.66. The SMILES string of the molecule is CCCCCCC1CNc2ccc(Cl)cc21. The lowest BCUT2D eigenvalue weighted by atomic mass is 9.95. The molecule has 2 heteroatoms. The van der Waals surface area contributed by atoms with Crippen LogP contribution in [0.1, 0.15) is 50.5 Å². The standard InChI is InChI=1S/C14H20ClN/c1-2-3-4-5-6-11-10-16-14-8-7-12(15)9-13(11)14/h7-9,11,16H,2-6,10H2,1H3. The van der Waals surface area contributed by atoms with Crippen LogP contribution in [0, 0.1) is 0 Å². The molecule has 1 aliphatic heterocycles. The molecule has 1 nitrogen and oxygen atoms in total. The Balaban J connectivity index is 1.92. The minimum atomic E-state index is 0.672. The van der Waals surface area contributed by atoms with Crippen LogP contribution in [0.15, 0.2) is 18.2 Å². The van der Waals surface area contributed by atoms with Gasteiger partial charge >= 0.3 is 0 Å². The third kappa shape index (κ3) is 2.70. The monoisotopic (exact) mass is 237 g/mol. The number of halogens is 1. The van der Waals surface area contributed by atoms with E-state index in [2.05, 4.69) is 24.4 Å². The molecule has 88 valence electrons. The Bertz CT molecular complexity index is 349. The van der Waals surface area contributed by atoms with Crippen LogP contribution in [-0.2, 0) is 0 Å². The van der Waals surface area contributed by atoms with Gasteiger partial charge in [-0.15, -0.1) is 0 Å². The van der Waals surface area contributed by atoms with Crippen molar-refractivity contribution in [3.05, 3.63) is 28.8 Å². The Hall–Kier alpha value is -0.690. The fraction of sp³-hybridized carbons (Fsp3) is 0.571. The predicted octanol–water partition coefficient (Wildman–Crippen LogP) is 4.82. The maximum absolute atomic E-state index is 6.04. The zero-order chi connectivity index (χ0) is 11.4. The molecule has 1 N–H and O–H groups in total. The molecule has 1 aromatic carbocycles. The molecule has 1 atom stereocenters. The van der Waals surface area contributed by atoms with Crippen molar-refractivity contribution in [3.8, 4) is 0 Å². The third-order valence-electron chi connectivity index (χ3n) is 3.40. The zero-order valence-electron chi connectivity index (χ0n) is 9.93. The Labute approximate surface area is 103 Å². The van der Waals surface area contributed by atoms with Gasteiger partial charge in [0.25, 0.3) is 0 Å². The summed E-state index contributed by atoms with van der Waals surface area (Å²) in [6.07, 6.45) is 6.67. The van der Waals surface area contributed by atoms with Crippen LogP contribution in [0.5, 0.6) is 0 Å². The molecule has 1 unspecified atom stereocenters. The first-order valence-electron chi connectivity index (χ1n) is 6.34. The molecule has 0 saturated heterocycles. The smallest absolute Gasteiger partial charge is 0.0410 e. The average Bonchev–Trinajstić information content (AvgIpc) is 2.67. The van der Waals surface area contributed by atoms with Crippen LogP contribution in [-0.4, -0.2) is 6.54 Å². The number of hydrogen-bond acceptors (Lipinski definition) is 1. The van der Waals surface area contributed by atoms with Gasteiger partial charge in [-0.3, -0.25) is 0 Å². The van der Waals surface area contributed by atoms with Crippen molar-refractivity contribution in [1.29, 1.82) is 0 Å². The Morgan fingerprint density at radius 2 is 2.19 bits per heavy atom. The van der Waals surface area contributed by atoms with Crippen LogP contribution >= 0.6 is 11.6 Å². The van der Waals surface area contributed by atoms with Crippen molar-refractivity contribution in [2.75, 3.05) is 11.9 Å². The first-order chi connectivity index (χ1) is 7.81. The predicted molar refractivity (Wildman–Crippen MR) is 71.4 cm³/mol. The van der Waals surface area contributed by atoms with Gasteiger partial charge in [-0.25, -0.2) is 0 Å². The number of anilines is 1. The van der Waals surface area contributed by atoms with E-state index in [1.165, 1.54) is 43.4 Å². The normalized spacial score (nSPS) is 18.2. The molecular formula is C14H20ClN. The van der Waals surface area contributed by atoms with Crippen LogP contribution < -0.4 is 5.32 Å². The largest absolute Gasteiger partial charge is 0.384 e. The van der Waals surface area contributed by atoms with E-state index < -0.39 is 0 Å². The number of nitrogens with one attached hydrogen (secondary N) is 1. The van der Waals surface area contributed by atoms with E-state index in [-0.39, 0.29) is 0 Å². The summed E-state index contributed by atoms with van der Waals surface area (Å²) in [4.78, 5) is 0. The summed E-state index contributed by atoms with van der Waals surface area (Å²) in [7, 11) is 0. The summed E-state index contributed by atoms with van der Waals surface area (Å²) < 4.78 is 0. The Morgan fingerprint density at radius 3 is 3.00 bits per heavy atom. The average molecular weight is 238 g/mol. The van der Waals surface area contributed by atoms with E-state index in [1.54, 1.807) is 0 Å². The quantitative estimate of drug-likeness (QED) is 0.724. The molecule has 0 radical (unpaired) electrons. The fourth-order valence-corrected chi connectivity index (χ4v) is 2.63. The highest BCUT2D eigenvalue weighted by Gasteiger charge is 2.21. The summed E-state index contributed by atoms with van der Waals surface area (Å²) in [6, 6.07) is 6.19. The van der Waals surface area contributed by atoms with Crippen LogP contribution in [0.3, 0.4) is 0 Å². The van der Waals surface area contributed by atoms with Crippen molar-refractivity contribution < 1.29 is 0 Å². The maximum atomic E-state index is 6.04. The molecule has 16 heavy (non-hydrogen) atoms. The Kier molecular flexibility index (Phi) is 4.11. The van der Waals surface area contributed by atoms with Gasteiger partial charge in [0.1, 0.15) is 0 Å². The second-order valence-corrected chi connectivity index (χ2v) is 5.10. The lowest BCUT2D eigenvalue weighted by molar-refractivity contribution is 0.578. The third-order valence-corrected chi connectivity index (χ3v) is 3.63. The summed E-state index contributed by atoms with van der Waals surface area (Å²) in [5.41, 5.74) is 2.70. The highest BCUT2D eigenvalue weighted by atomic mass is 35.5. The van der Waals surface area contributed by atoms with Crippen molar-refractivity contribution >= 4 is 17.3 Å². The first-order valence-corrected chi connectivity index (χ1v) is 6.72. The van der Waals surface area contributed by atoms with Gasteiger partial charge in [0.15, 0.2) is 0 Å². The molecule has 0 fully saturated rings. The summed E-state index contributed by atoms with van der Waals surface area (Å²) in [5, 5.41) is 4.32. The lowest BCUT2D eigenvalue weighted by Gasteiger charge is -2.09. The molecule has 0 spiro atoms. The van der Waals surface area contributed by atoms with E-state index in [0.717, 1.165) is 11.6 Å². The molecule has 0 bridgehead atoms. The van der Waals surface area contributed by atoms with Gasteiger partial charge < -0.3 is 5.32 Å². The van der Waals surface area contributed by atoms with Crippen molar-refractivity contribution in [1.82, 2.24) is 0 Å². The summed E-state index contributed by atoms with van der Waals surface area (Å²) >= 11 is 6.04. The molecule has 1 aliphatic rings. The van der Waals surface area contributed by atoms with E-state index >= 15 is 0 Å². The van der Waals surface area contributed by atoms with E-state index in [0.29, 0.717) is 5.92 Å². The molecule has 2 rings (SSSR count). The minimum absolute atomic E-state index is 0.672. The van der Waals surface area contributed by atoms with Crippen molar-refractivity contribution in [3.63, 3.8) is 0 Å². The highest BCUT2D eigenvalue weighted by molar-refractivity contribution is 6.30. The van der Waals surface area contributed by atoms with Gasteiger partial charge in [0.05, 0.1) is 0 Å². The lowest BCUT2D eigenvalue weighted by Crippen LogP contribution is -2.01. The summed E-state index contributed by atoms with van der Waals surface area (Å²) in [6.45, 7) is 3.34. The fourth-order valence-electron chi connectivity index (χ4n) is 2.45. The molecule has 0 aliphatic carbocycles. The molecule has 0 amide bonds. The van der Waals surface area contributed by atoms with Gasteiger partial charge in [-0.2, -0.15) is 0 Å². The molecular weight excluding hydrogens is 218 g/mol. The van der Waals surface area contributed by atoms with Crippen molar-refractivity contribution in [2.24, 2.45) is 0 Å². The van der Waals surface area contributed by atoms with E-state index in [1.807, 2.05) is 6.07 Å². The molecule has 1 heterocycles. The van der Waals surface area contributed by atoms with Gasteiger partial charge in [0.2, 0.25) is 0 Å². The van der Waals surface area contributed by atoms with Crippen molar-refractivity contribution in [2.45, 2.75) is 44.9 Å². The zero-order valence-corrected chi connectivity index (χ0v) is 10.7. The number of hydrogen-bond donors (Lipinski definition) is 1. The number of rotatable bonds is 5. The summed E-state index contributed by atoms with van der Waals surface area (Å²) in [5.74, 6) is 0.672. The topological polar surface area (TPSA) is 12.0 Å². The minimum Gasteiger partial charge on any atom is -0.384 e. The van der Waals surface area contributed by atoms with E-state index in [9.17, 15) is 0 Å². The number of fused-ring (bicyclic) bond motifs is 1. The number of benzene rings is 1. The van der Waals surface area contributed by atoms with Gasteiger partial charge in [0, 0.05) is 23.2 Å². The van der Waals surface area contributed by atoms with E-state index in [4.69, 9.17) is 11.6 Å². The van der Waals surface area contributed by atoms with Crippen LogP contribution in [0.4, 0.5) is 5.69 Å². The highest BCUT2D eigenvalue weighted by Crippen LogP contribution is 2.36. The number of unbranched alkanes of at least 4 members (excludes halogenated alkanes) is 3. The van der Waals surface area contributed by atoms with Crippen LogP contribution in [0.2, 0.25) is 5.02 Å². The van der Waals surface area contributed by atoms with Gasteiger partial charge in [-0.1, -0.05) is 44.2 Å². The second kappa shape index (κ2) is 5.58. The maximum Gasteiger partial charge on any atom is 0.0410 e. The Morgan fingerprint density at radius 1 is 1.31 bits per heavy atom. The molecule has 0 aromatic heterocycles. The van der Waals surface area contributed by atoms with Crippen LogP contribution in [0.25, 0.3) is 0 Å². The molecule has 0 saturated carbocycles. The van der Waals surface area contributed by atoms with Gasteiger partial charge in [-0.05, 0) is 30.2 Å². The first kappa shape index (κ1) is 11.8.